The van der Waals surface area contributed by atoms with Crippen LogP contribution in [0, 0.1) is 0 Å². The molecule has 0 aliphatic heterocycles. The van der Waals surface area contributed by atoms with Gasteiger partial charge in [-0.2, -0.15) is 0 Å². The highest BCUT2D eigenvalue weighted by molar-refractivity contribution is 6.35. The molecule has 0 radical (unpaired) electrons. The molecule has 0 bridgehead atoms. The zero-order valence-electron chi connectivity index (χ0n) is 10.3. The Morgan fingerprint density at radius 2 is 2.26 bits per heavy atom. The average Bonchev–Trinajstić information content (AvgIpc) is 2.40. The largest absolute Gasteiger partial charge is 0.496 e. The van der Waals surface area contributed by atoms with Gasteiger partial charge in [-0.3, -0.25) is 9.78 Å². The average molecular weight is 281 g/mol. The van der Waals surface area contributed by atoms with Crippen molar-refractivity contribution in [3.63, 3.8) is 0 Å². The number of methoxy groups -OCH3 is 1. The van der Waals surface area contributed by atoms with E-state index in [9.17, 15) is 4.79 Å². The number of aromatic nitrogens is 1. The summed E-state index contributed by atoms with van der Waals surface area (Å²) < 4.78 is 5.28. The van der Waals surface area contributed by atoms with Gasteiger partial charge in [0.1, 0.15) is 11.8 Å². The SMILES string of the molecule is COc1ccc(Cl)c2nccc(CC(N)C(=O)O)c12. The molecular weight excluding hydrogens is 268 g/mol. The molecule has 1 atom stereocenters. The van der Waals surface area contributed by atoms with Crippen molar-refractivity contribution in [1.29, 1.82) is 0 Å². The molecule has 1 unspecified atom stereocenters. The second-order valence-electron chi connectivity index (χ2n) is 4.09. The first kappa shape index (κ1) is 13.6. The minimum atomic E-state index is -1.05. The molecule has 1 aromatic carbocycles. The summed E-state index contributed by atoms with van der Waals surface area (Å²) >= 11 is 6.09. The molecule has 0 saturated carbocycles. The predicted molar refractivity (Wildman–Crippen MR) is 72.6 cm³/mol. The molecule has 0 amide bonds. The number of nitrogens with zero attached hydrogens (tertiary/aromatic N) is 1. The van der Waals surface area contributed by atoms with Crippen molar-refractivity contribution in [3.05, 3.63) is 35.0 Å². The highest BCUT2D eigenvalue weighted by atomic mass is 35.5. The smallest absolute Gasteiger partial charge is 0.320 e. The summed E-state index contributed by atoms with van der Waals surface area (Å²) in [5.74, 6) is -0.453. The van der Waals surface area contributed by atoms with Crippen LogP contribution in [0.25, 0.3) is 10.9 Å². The zero-order valence-corrected chi connectivity index (χ0v) is 11.0. The molecule has 6 heteroatoms. The van der Waals surface area contributed by atoms with Gasteiger partial charge in [0.15, 0.2) is 0 Å². The van der Waals surface area contributed by atoms with E-state index in [0.717, 1.165) is 5.56 Å². The first-order chi connectivity index (χ1) is 9.04. The molecule has 1 aromatic heterocycles. The lowest BCUT2D eigenvalue weighted by atomic mass is 10.0. The van der Waals surface area contributed by atoms with Crippen molar-refractivity contribution in [1.82, 2.24) is 4.98 Å². The molecule has 19 heavy (non-hydrogen) atoms. The van der Waals surface area contributed by atoms with Gasteiger partial charge in [0.05, 0.1) is 17.6 Å². The van der Waals surface area contributed by atoms with Crippen molar-refractivity contribution in [2.24, 2.45) is 5.73 Å². The van der Waals surface area contributed by atoms with Crippen LogP contribution in [0.4, 0.5) is 0 Å². The number of hydrogen-bond donors (Lipinski definition) is 2. The summed E-state index contributed by atoms with van der Waals surface area (Å²) in [6, 6.07) is 4.16. The third-order valence-electron chi connectivity index (χ3n) is 2.87. The van der Waals surface area contributed by atoms with Crippen LogP contribution < -0.4 is 10.5 Å². The lowest BCUT2D eigenvalue weighted by Crippen LogP contribution is -2.32. The summed E-state index contributed by atoms with van der Waals surface area (Å²) in [4.78, 5) is 15.1. The summed E-state index contributed by atoms with van der Waals surface area (Å²) in [6.45, 7) is 0. The van der Waals surface area contributed by atoms with Crippen molar-refractivity contribution >= 4 is 28.5 Å². The number of benzene rings is 1. The molecule has 0 aliphatic carbocycles. The van der Waals surface area contributed by atoms with Gasteiger partial charge in [0.2, 0.25) is 0 Å². The second-order valence-corrected chi connectivity index (χ2v) is 4.50. The van der Waals surface area contributed by atoms with Gasteiger partial charge in [-0.25, -0.2) is 0 Å². The molecule has 0 saturated heterocycles. The van der Waals surface area contributed by atoms with E-state index in [1.54, 1.807) is 24.4 Å². The third-order valence-corrected chi connectivity index (χ3v) is 3.17. The van der Waals surface area contributed by atoms with Crippen LogP contribution in [-0.4, -0.2) is 29.2 Å². The molecule has 0 spiro atoms. The van der Waals surface area contributed by atoms with Gasteiger partial charge in [-0.15, -0.1) is 0 Å². The van der Waals surface area contributed by atoms with Crippen LogP contribution in [0.5, 0.6) is 5.75 Å². The third kappa shape index (κ3) is 2.62. The Labute approximate surface area is 115 Å². The minimum Gasteiger partial charge on any atom is -0.496 e. The van der Waals surface area contributed by atoms with Crippen LogP contribution in [0.2, 0.25) is 5.02 Å². The van der Waals surface area contributed by atoms with E-state index in [1.807, 2.05) is 0 Å². The number of halogens is 1. The number of hydrogen-bond acceptors (Lipinski definition) is 4. The standard InChI is InChI=1S/C13H13ClN2O3/c1-19-10-3-2-8(14)12-11(10)7(4-5-16-12)6-9(15)13(17)18/h2-5,9H,6,15H2,1H3,(H,17,18). The lowest BCUT2D eigenvalue weighted by molar-refractivity contribution is -0.138. The van der Waals surface area contributed by atoms with Crippen LogP contribution in [0.15, 0.2) is 24.4 Å². The van der Waals surface area contributed by atoms with Crippen LogP contribution in [0.1, 0.15) is 5.56 Å². The van der Waals surface area contributed by atoms with Crippen LogP contribution >= 0.6 is 11.6 Å². The fraction of sp³-hybridized carbons (Fsp3) is 0.231. The van der Waals surface area contributed by atoms with E-state index in [2.05, 4.69) is 4.98 Å². The monoisotopic (exact) mass is 280 g/mol. The molecule has 0 aliphatic rings. The van der Waals surface area contributed by atoms with E-state index in [0.29, 0.717) is 21.7 Å². The van der Waals surface area contributed by atoms with Gasteiger partial charge in [0.25, 0.3) is 0 Å². The fourth-order valence-electron chi connectivity index (χ4n) is 1.93. The zero-order chi connectivity index (χ0) is 14.0. The van der Waals surface area contributed by atoms with Crippen LogP contribution in [0.3, 0.4) is 0 Å². The van der Waals surface area contributed by atoms with E-state index in [4.69, 9.17) is 27.2 Å². The molecule has 1 heterocycles. The summed E-state index contributed by atoms with van der Waals surface area (Å²) in [5, 5.41) is 10.1. The first-order valence-electron chi connectivity index (χ1n) is 5.63. The number of carboxylic acids is 1. The Kier molecular flexibility index (Phi) is 3.87. The number of fused-ring (bicyclic) bond motifs is 1. The first-order valence-corrected chi connectivity index (χ1v) is 6.01. The molecule has 5 nitrogen and oxygen atoms in total. The fourth-order valence-corrected chi connectivity index (χ4v) is 2.14. The van der Waals surface area contributed by atoms with Crippen molar-refractivity contribution < 1.29 is 14.6 Å². The molecule has 3 N–H and O–H groups in total. The maximum absolute atomic E-state index is 10.9. The summed E-state index contributed by atoms with van der Waals surface area (Å²) in [5.41, 5.74) is 6.90. The number of carbonyl (C=O) groups is 1. The number of rotatable bonds is 4. The Bertz CT molecular complexity index is 631. The highest BCUT2D eigenvalue weighted by Gasteiger charge is 2.17. The number of nitrogens with two attached hydrogens (primary N) is 1. The van der Waals surface area contributed by atoms with Gasteiger partial charge < -0.3 is 15.6 Å². The van der Waals surface area contributed by atoms with E-state index < -0.39 is 12.0 Å². The Balaban J connectivity index is 2.61. The van der Waals surface area contributed by atoms with Gasteiger partial charge in [-0.1, -0.05) is 11.6 Å². The Morgan fingerprint density at radius 3 is 2.89 bits per heavy atom. The predicted octanol–water partition coefficient (Wildman–Crippen LogP) is 1.85. The topological polar surface area (TPSA) is 85.4 Å². The number of aliphatic carboxylic acids is 1. The van der Waals surface area contributed by atoms with Gasteiger partial charge in [-0.05, 0) is 30.2 Å². The molecular formula is C13H13ClN2O3. The van der Waals surface area contributed by atoms with Crippen molar-refractivity contribution in [2.45, 2.75) is 12.5 Å². The maximum Gasteiger partial charge on any atom is 0.320 e. The molecule has 100 valence electrons. The quantitative estimate of drug-likeness (QED) is 0.893. The number of pyridine rings is 1. The normalized spacial score (nSPS) is 12.4. The minimum absolute atomic E-state index is 0.186. The molecule has 2 rings (SSSR count). The van der Waals surface area contributed by atoms with E-state index in [-0.39, 0.29) is 6.42 Å². The maximum atomic E-state index is 10.9. The number of ether oxygens (including phenoxy) is 1. The van der Waals surface area contributed by atoms with Crippen molar-refractivity contribution in [3.8, 4) is 5.75 Å². The highest BCUT2D eigenvalue weighted by Crippen LogP contribution is 2.32. The van der Waals surface area contributed by atoms with E-state index >= 15 is 0 Å². The number of carboxylic acid groups (broad SMARTS) is 1. The Hall–Kier alpha value is -1.85. The van der Waals surface area contributed by atoms with Crippen molar-refractivity contribution in [2.75, 3.05) is 7.11 Å². The summed E-state index contributed by atoms with van der Waals surface area (Å²) in [7, 11) is 1.54. The Morgan fingerprint density at radius 1 is 1.53 bits per heavy atom. The second kappa shape index (κ2) is 5.42. The van der Waals surface area contributed by atoms with Gasteiger partial charge in [0, 0.05) is 11.6 Å². The van der Waals surface area contributed by atoms with Gasteiger partial charge >= 0.3 is 5.97 Å². The molecule has 2 aromatic rings. The van der Waals surface area contributed by atoms with Crippen LogP contribution in [-0.2, 0) is 11.2 Å². The lowest BCUT2D eigenvalue weighted by Gasteiger charge is -2.13. The van der Waals surface area contributed by atoms with E-state index in [1.165, 1.54) is 7.11 Å². The molecule has 0 fully saturated rings. The summed E-state index contributed by atoms with van der Waals surface area (Å²) in [6.07, 6.45) is 1.77.